The zero-order valence-electron chi connectivity index (χ0n) is 7.63. The third kappa shape index (κ3) is 4.71. The Morgan fingerprint density at radius 2 is 1.92 bits per heavy atom. The van der Waals surface area contributed by atoms with Crippen LogP contribution in [0.4, 0.5) is 0 Å². The van der Waals surface area contributed by atoms with Crippen molar-refractivity contribution in [3.63, 3.8) is 0 Å². The van der Waals surface area contributed by atoms with Gasteiger partial charge < -0.3 is 10.4 Å². The van der Waals surface area contributed by atoms with Gasteiger partial charge in [0.15, 0.2) is 0 Å². The van der Waals surface area contributed by atoms with Gasteiger partial charge in [0.25, 0.3) is 0 Å². The number of carbonyl (C=O) groups is 2. The first-order valence-electron chi connectivity index (χ1n) is 3.93. The molecule has 0 saturated heterocycles. The second-order valence-corrected chi connectivity index (χ2v) is 3.22. The van der Waals surface area contributed by atoms with Crippen molar-refractivity contribution in [3.05, 3.63) is 0 Å². The third-order valence-corrected chi connectivity index (χ3v) is 1.38. The second-order valence-electron chi connectivity index (χ2n) is 3.22. The maximum absolute atomic E-state index is 10.6. The van der Waals surface area contributed by atoms with E-state index >= 15 is 0 Å². The molecule has 0 aromatic heterocycles. The van der Waals surface area contributed by atoms with Gasteiger partial charge in [0.2, 0.25) is 5.91 Å². The van der Waals surface area contributed by atoms with Crippen LogP contribution in [0, 0.1) is 5.92 Å². The summed E-state index contributed by atoms with van der Waals surface area (Å²) in [6.07, 6.45) is 0.467. The van der Waals surface area contributed by atoms with Crippen LogP contribution in [0.1, 0.15) is 27.2 Å². The molecule has 0 aliphatic rings. The van der Waals surface area contributed by atoms with Crippen molar-refractivity contribution in [2.24, 2.45) is 5.92 Å². The van der Waals surface area contributed by atoms with Gasteiger partial charge in [0.1, 0.15) is 6.04 Å². The van der Waals surface area contributed by atoms with Gasteiger partial charge in [-0.2, -0.15) is 0 Å². The van der Waals surface area contributed by atoms with E-state index in [-0.39, 0.29) is 11.8 Å². The van der Waals surface area contributed by atoms with Gasteiger partial charge in [-0.05, 0) is 12.3 Å². The highest BCUT2D eigenvalue weighted by atomic mass is 16.4. The molecule has 1 atom stereocenters. The van der Waals surface area contributed by atoms with Crippen LogP contribution in [-0.2, 0) is 9.59 Å². The van der Waals surface area contributed by atoms with E-state index < -0.39 is 12.0 Å². The van der Waals surface area contributed by atoms with Gasteiger partial charge in [0, 0.05) is 6.92 Å². The fourth-order valence-electron chi connectivity index (χ4n) is 0.938. The maximum Gasteiger partial charge on any atom is 0.326 e. The van der Waals surface area contributed by atoms with Gasteiger partial charge in [-0.25, -0.2) is 4.79 Å². The smallest absolute Gasteiger partial charge is 0.326 e. The fourth-order valence-corrected chi connectivity index (χ4v) is 0.938. The van der Waals surface area contributed by atoms with Crippen LogP contribution in [0.5, 0.6) is 0 Å². The van der Waals surface area contributed by atoms with Crippen molar-refractivity contribution in [1.82, 2.24) is 5.32 Å². The second kappa shape index (κ2) is 4.74. The van der Waals surface area contributed by atoms with Crippen molar-refractivity contribution in [1.29, 1.82) is 0 Å². The minimum Gasteiger partial charge on any atom is -0.480 e. The molecule has 0 aliphatic carbocycles. The molecule has 0 rings (SSSR count). The van der Waals surface area contributed by atoms with Crippen LogP contribution in [0.25, 0.3) is 0 Å². The Morgan fingerprint density at radius 1 is 1.42 bits per heavy atom. The van der Waals surface area contributed by atoms with E-state index in [2.05, 4.69) is 5.32 Å². The minimum absolute atomic E-state index is 0.262. The molecule has 0 unspecified atom stereocenters. The van der Waals surface area contributed by atoms with Crippen LogP contribution < -0.4 is 5.32 Å². The third-order valence-electron chi connectivity index (χ3n) is 1.38. The van der Waals surface area contributed by atoms with Crippen LogP contribution in [0.15, 0.2) is 0 Å². The summed E-state index contributed by atoms with van der Waals surface area (Å²) in [6, 6.07) is -0.748. The zero-order chi connectivity index (χ0) is 9.72. The van der Waals surface area contributed by atoms with Gasteiger partial charge >= 0.3 is 5.97 Å². The lowest BCUT2D eigenvalue weighted by Gasteiger charge is -2.14. The van der Waals surface area contributed by atoms with Crippen molar-refractivity contribution in [2.45, 2.75) is 33.2 Å². The number of hydrogen-bond donors (Lipinski definition) is 2. The number of rotatable bonds is 4. The molecule has 12 heavy (non-hydrogen) atoms. The Hall–Kier alpha value is -1.06. The van der Waals surface area contributed by atoms with Gasteiger partial charge in [-0.1, -0.05) is 13.8 Å². The Morgan fingerprint density at radius 3 is 2.17 bits per heavy atom. The molecule has 0 bridgehead atoms. The number of carbonyl (C=O) groups excluding carboxylic acids is 1. The lowest BCUT2D eigenvalue weighted by Crippen LogP contribution is -2.40. The highest BCUT2D eigenvalue weighted by Gasteiger charge is 2.18. The lowest BCUT2D eigenvalue weighted by atomic mass is 10.2. The molecular formula is C8H15NO3. The van der Waals surface area contributed by atoms with Gasteiger partial charge in [0.05, 0.1) is 0 Å². The molecule has 0 saturated carbocycles. The van der Waals surface area contributed by atoms with E-state index in [1.165, 1.54) is 6.92 Å². The van der Waals surface area contributed by atoms with Gasteiger partial charge in [-0.15, -0.1) is 0 Å². The Bertz CT molecular complexity index is 177. The average molecular weight is 175 g/mol. The zero-order valence-corrected chi connectivity index (χ0v) is 7.63. The predicted molar refractivity (Wildman–Crippen MR) is 44.7 cm³/mol. The molecule has 0 aromatic rings. The average Bonchev–Trinajstić information content (AvgIpc) is 1.83. The lowest BCUT2D eigenvalue weighted by molar-refractivity contribution is -0.142. The molecule has 0 fully saturated rings. The summed E-state index contributed by atoms with van der Waals surface area (Å²) in [6.45, 7) is 5.14. The van der Waals surface area contributed by atoms with E-state index in [9.17, 15) is 9.59 Å². The molecule has 0 aliphatic heterocycles. The first-order chi connectivity index (χ1) is 5.43. The highest BCUT2D eigenvalue weighted by molar-refractivity contribution is 5.81. The van der Waals surface area contributed by atoms with Gasteiger partial charge in [-0.3, -0.25) is 4.79 Å². The number of carboxylic acid groups (broad SMARTS) is 1. The van der Waals surface area contributed by atoms with Crippen molar-refractivity contribution in [3.8, 4) is 0 Å². The molecule has 0 heterocycles. The van der Waals surface area contributed by atoms with Crippen molar-refractivity contribution in [2.75, 3.05) is 0 Å². The number of hydrogen-bond acceptors (Lipinski definition) is 2. The minimum atomic E-state index is -0.973. The molecule has 0 spiro atoms. The molecule has 70 valence electrons. The standard InChI is InChI=1S/C8H15NO3/c1-5(2)4-7(8(11)12)9-6(3)10/h5,7H,4H2,1-3H3,(H,9,10)(H,11,12)/t7-/m0/s1/i7+1,9+1. The molecule has 4 heteroatoms. The number of nitrogens with one attached hydrogen (secondary N) is 1. The highest BCUT2D eigenvalue weighted by Crippen LogP contribution is 2.04. The number of amides is 1. The first-order valence-corrected chi connectivity index (χ1v) is 3.93. The molecule has 0 aromatic carbocycles. The summed E-state index contributed by atoms with van der Waals surface area (Å²) in [5.74, 6) is -1.01. The quantitative estimate of drug-likeness (QED) is 0.486. The molecule has 4 nitrogen and oxygen atoms in total. The summed E-state index contributed by atoms with van der Waals surface area (Å²) >= 11 is 0. The van der Waals surface area contributed by atoms with Crippen LogP contribution in [0.2, 0.25) is 0 Å². The fraction of sp³-hybridized carbons (Fsp3) is 0.750. The van der Waals surface area contributed by atoms with Crippen molar-refractivity contribution >= 4 is 11.9 Å². The summed E-state index contributed by atoms with van der Waals surface area (Å²) < 4.78 is 0. The SMILES string of the molecule is CC(=O)[15NH][13C@@H](CC(C)C)C(=O)O. The maximum atomic E-state index is 10.6. The Labute approximate surface area is 72.0 Å². The molecule has 1 amide bonds. The molecular weight excluding hydrogens is 160 g/mol. The molecule has 0 radical (unpaired) electrons. The van der Waals surface area contributed by atoms with E-state index in [1.807, 2.05) is 13.8 Å². The Kier molecular flexibility index (Phi) is 4.33. The summed E-state index contributed by atoms with van der Waals surface area (Å²) in [5, 5.41) is 11.0. The predicted octanol–water partition coefficient (Wildman–Crippen LogP) is 0.622. The molecule has 2 N–H and O–H groups in total. The largest absolute Gasteiger partial charge is 0.480 e. The van der Waals surface area contributed by atoms with E-state index in [4.69, 9.17) is 5.11 Å². The Balaban J connectivity index is 4.04. The summed E-state index contributed by atoms with van der Waals surface area (Å²) in [4.78, 5) is 21.1. The van der Waals surface area contributed by atoms with E-state index in [1.54, 1.807) is 0 Å². The number of carboxylic acids is 1. The summed E-state index contributed by atoms with van der Waals surface area (Å²) in [5.41, 5.74) is 0. The number of aliphatic carboxylic acids is 1. The van der Waals surface area contributed by atoms with Crippen LogP contribution >= 0.6 is 0 Å². The monoisotopic (exact) mass is 175 g/mol. The first kappa shape index (κ1) is 10.9. The van der Waals surface area contributed by atoms with E-state index in [0.717, 1.165) is 0 Å². The van der Waals surface area contributed by atoms with E-state index in [0.29, 0.717) is 6.42 Å². The summed E-state index contributed by atoms with van der Waals surface area (Å²) in [7, 11) is 0. The van der Waals surface area contributed by atoms with Crippen LogP contribution in [-0.4, -0.2) is 23.0 Å². The van der Waals surface area contributed by atoms with Crippen LogP contribution in [0.3, 0.4) is 0 Å². The normalized spacial score (nSPS) is 12.7. The topological polar surface area (TPSA) is 66.4 Å². The van der Waals surface area contributed by atoms with Crippen molar-refractivity contribution < 1.29 is 14.7 Å².